The summed E-state index contributed by atoms with van der Waals surface area (Å²) in [4.78, 5) is 12.3. The van der Waals surface area contributed by atoms with Crippen LogP contribution in [-0.4, -0.2) is 34.1 Å². The van der Waals surface area contributed by atoms with Crippen molar-refractivity contribution in [1.82, 2.24) is 10.2 Å². The van der Waals surface area contributed by atoms with Crippen molar-refractivity contribution in [2.75, 3.05) is 6.61 Å². The normalized spacial score (nSPS) is 12.5. The molecule has 3 rings (SSSR count). The highest BCUT2D eigenvalue weighted by Crippen LogP contribution is 2.30. The molecule has 1 atom stereocenters. The second kappa shape index (κ2) is 11.3. The second-order valence-corrected chi connectivity index (χ2v) is 7.84. The van der Waals surface area contributed by atoms with E-state index in [0.29, 0.717) is 54.1 Å². The predicted molar refractivity (Wildman–Crippen MR) is 115 cm³/mol. The Balaban J connectivity index is 1.55. The first kappa shape index (κ1) is 24.7. The first-order chi connectivity index (χ1) is 15.7. The van der Waals surface area contributed by atoms with Gasteiger partial charge in [-0.3, -0.25) is 4.79 Å². The van der Waals surface area contributed by atoms with Gasteiger partial charge in [-0.15, -0.1) is 23.4 Å². The van der Waals surface area contributed by atoms with E-state index in [-0.39, 0.29) is 29.9 Å². The fraction of sp³-hybridized carbons (Fsp3) is 0.348. The number of hydrogen-bond donors (Lipinski definition) is 1. The van der Waals surface area contributed by atoms with Crippen molar-refractivity contribution in [3.63, 3.8) is 0 Å². The van der Waals surface area contributed by atoms with E-state index in [1.54, 1.807) is 24.3 Å². The van der Waals surface area contributed by atoms with Gasteiger partial charge in [0, 0.05) is 35.1 Å². The average molecular weight is 483 g/mol. The second-order valence-electron chi connectivity index (χ2n) is 7.40. The van der Waals surface area contributed by atoms with E-state index >= 15 is 0 Å². The van der Waals surface area contributed by atoms with E-state index in [1.165, 1.54) is 12.1 Å². The van der Waals surface area contributed by atoms with Crippen LogP contribution in [0.2, 0.25) is 5.02 Å². The number of halogens is 4. The average Bonchev–Trinajstić information content (AvgIpc) is 3.26. The number of aromatic nitrogens is 2. The van der Waals surface area contributed by atoms with Crippen LogP contribution in [0.4, 0.5) is 13.2 Å². The summed E-state index contributed by atoms with van der Waals surface area (Å²) in [5, 5.41) is 18.0. The van der Waals surface area contributed by atoms with Gasteiger partial charge in [-0.05, 0) is 67.8 Å². The number of nitrogens with zero attached hydrogens (tertiary/aromatic N) is 2. The van der Waals surface area contributed by atoms with Crippen LogP contribution in [0.25, 0.3) is 11.5 Å². The lowest BCUT2D eigenvalue weighted by Crippen LogP contribution is -2.16. The minimum absolute atomic E-state index is 0.0309. The van der Waals surface area contributed by atoms with Crippen LogP contribution in [0.1, 0.15) is 54.3 Å². The zero-order valence-corrected chi connectivity index (χ0v) is 18.3. The van der Waals surface area contributed by atoms with Crippen molar-refractivity contribution < 1.29 is 32.2 Å². The van der Waals surface area contributed by atoms with Gasteiger partial charge in [-0.25, -0.2) is 0 Å². The van der Waals surface area contributed by atoms with E-state index in [1.807, 2.05) is 0 Å². The summed E-state index contributed by atoms with van der Waals surface area (Å²) in [5.41, 5.74) is 1.05. The van der Waals surface area contributed by atoms with Crippen LogP contribution < -0.4 is 4.74 Å². The number of ketones is 1. The van der Waals surface area contributed by atoms with Crippen LogP contribution in [0, 0.1) is 0 Å². The van der Waals surface area contributed by atoms with Crippen LogP contribution >= 0.6 is 11.6 Å². The molecule has 2 aromatic carbocycles. The Labute approximate surface area is 193 Å². The van der Waals surface area contributed by atoms with E-state index in [2.05, 4.69) is 14.9 Å². The summed E-state index contributed by atoms with van der Waals surface area (Å²) in [6, 6.07) is 11.9. The van der Waals surface area contributed by atoms with Crippen LogP contribution in [-0.2, 0) is 0 Å². The lowest BCUT2D eigenvalue weighted by atomic mass is 9.96. The van der Waals surface area contributed by atoms with Crippen molar-refractivity contribution in [2.45, 2.75) is 44.4 Å². The van der Waals surface area contributed by atoms with Crippen LogP contribution in [0.5, 0.6) is 5.75 Å². The molecular weight excluding hydrogens is 461 g/mol. The monoisotopic (exact) mass is 482 g/mol. The maximum atomic E-state index is 12.3. The third-order valence-corrected chi connectivity index (χ3v) is 5.23. The highest BCUT2D eigenvalue weighted by Gasteiger charge is 2.31. The summed E-state index contributed by atoms with van der Waals surface area (Å²) in [7, 11) is 0. The number of rotatable bonds is 11. The lowest BCUT2D eigenvalue weighted by Gasteiger charge is -2.11. The standard InChI is InChI=1S/C23H22ClF3N2O4/c24-18-9-5-15(6-10-18)20(31)4-2-1-3-16(13-14-30)21-28-29-22(32-21)17-7-11-19(12-8-17)33-23(25,26)27/h5-12,16,30H,1-4,13-14H2. The molecule has 1 unspecified atom stereocenters. The molecule has 3 aromatic rings. The molecule has 0 spiro atoms. The molecule has 1 aromatic heterocycles. The zero-order valence-electron chi connectivity index (χ0n) is 17.5. The third kappa shape index (κ3) is 7.57. The molecule has 1 heterocycles. The molecule has 6 nitrogen and oxygen atoms in total. The number of benzene rings is 2. The molecular formula is C23H22ClF3N2O4. The Bertz CT molecular complexity index is 1040. The van der Waals surface area contributed by atoms with Crippen LogP contribution in [0.15, 0.2) is 52.9 Å². The van der Waals surface area contributed by atoms with E-state index in [0.717, 1.165) is 12.1 Å². The number of carbonyl (C=O) groups is 1. The summed E-state index contributed by atoms with van der Waals surface area (Å²) in [6.07, 6.45) is -1.97. The van der Waals surface area contributed by atoms with Crippen molar-refractivity contribution in [3.05, 3.63) is 65.0 Å². The quantitative estimate of drug-likeness (QED) is 0.259. The Kier molecular flexibility index (Phi) is 8.46. The SMILES string of the molecule is O=C(CCCCC(CCO)c1nnc(-c2ccc(OC(F)(F)F)cc2)o1)c1ccc(Cl)cc1. The Morgan fingerprint density at radius 1 is 1.03 bits per heavy atom. The molecule has 0 saturated carbocycles. The molecule has 0 saturated heterocycles. The number of Topliss-reactive ketones (excluding diaryl/α,β-unsaturated/α-hetero) is 1. The number of carbonyl (C=O) groups excluding carboxylic acids is 1. The summed E-state index contributed by atoms with van der Waals surface area (Å²) >= 11 is 5.84. The predicted octanol–water partition coefficient (Wildman–Crippen LogP) is 6.20. The summed E-state index contributed by atoms with van der Waals surface area (Å²) < 4.78 is 46.4. The maximum absolute atomic E-state index is 12.3. The Hall–Kier alpha value is -2.91. The fourth-order valence-electron chi connectivity index (χ4n) is 3.32. The molecule has 0 bridgehead atoms. The molecule has 10 heteroatoms. The third-order valence-electron chi connectivity index (χ3n) is 4.97. The number of ether oxygens (including phenoxy) is 1. The van der Waals surface area contributed by atoms with Gasteiger partial charge in [0.15, 0.2) is 5.78 Å². The minimum Gasteiger partial charge on any atom is -0.420 e. The lowest BCUT2D eigenvalue weighted by molar-refractivity contribution is -0.274. The summed E-state index contributed by atoms with van der Waals surface area (Å²) in [6.45, 7) is -0.0738. The largest absolute Gasteiger partial charge is 0.573 e. The molecule has 0 amide bonds. The number of aliphatic hydroxyl groups excluding tert-OH is 1. The molecule has 0 aliphatic heterocycles. The Morgan fingerprint density at radius 2 is 1.73 bits per heavy atom. The van der Waals surface area contributed by atoms with Gasteiger partial charge in [0.2, 0.25) is 11.8 Å². The molecule has 0 fully saturated rings. The van der Waals surface area contributed by atoms with E-state index < -0.39 is 6.36 Å². The van der Waals surface area contributed by atoms with E-state index in [9.17, 15) is 23.1 Å². The molecule has 0 aliphatic rings. The van der Waals surface area contributed by atoms with Crippen molar-refractivity contribution >= 4 is 17.4 Å². The Morgan fingerprint density at radius 3 is 2.36 bits per heavy atom. The van der Waals surface area contributed by atoms with Gasteiger partial charge in [0.1, 0.15) is 5.75 Å². The number of unbranched alkanes of at least 4 members (excludes halogenated alkanes) is 1. The molecule has 33 heavy (non-hydrogen) atoms. The van der Waals surface area contributed by atoms with Gasteiger partial charge >= 0.3 is 6.36 Å². The first-order valence-electron chi connectivity index (χ1n) is 10.3. The maximum Gasteiger partial charge on any atom is 0.573 e. The molecule has 0 radical (unpaired) electrons. The topological polar surface area (TPSA) is 85.5 Å². The van der Waals surface area contributed by atoms with Crippen molar-refractivity contribution in [3.8, 4) is 17.2 Å². The molecule has 0 aliphatic carbocycles. The fourth-order valence-corrected chi connectivity index (χ4v) is 3.44. The van der Waals surface area contributed by atoms with Crippen molar-refractivity contribution in [1.29, 1.82) is 0 Å². The van der Waals surface area contributed by atoms with E-state index in [4.69, 9.17) is 16.0 Å². The highest BCUT2D eigenvalue weighted by molar-refractivity contribution is 6.30. The molecule has 176 valence electrons. The van der Waals surface area contributed by atoms with Gasteiger partial charge in [-0.2, -0.15) is 0 Å². The minimum atomic E-state index is -4.77. The van der Waals surface area contributed by atoms with Crippen molar-refractivity contribution in [2.24, 2.45) is 0 Å². The zero-order chi connectivity index (χ0) is 23.8. The van der Waals surface area contributed by atoms with Gasteiger partial charge in [0.05, 0.1) is 0 Å². The summed E-state index contributed by atoms with van der Waals surface area (Å²) in [5.74, 6) is -0.0291. The highest BCUT2D eigenvalue weighted by atomic mass is 35.5. The molecule has 1 N–H and O–H groups in total. The number of hydrogen-bond acceptors (Lipinski definition) is 6. The smallest absolute Gasteiger partial charge is 0.420 e. The van der Waals surface area contributed by atoms with Crippen LogP contribution in [0.3, 0.4) is 0 Å². The van der Waals surface area contributed by atoms with Gasteiger partial charge in [0.25, 0.3) is 0 Å². The van der Waals surface area contributed by atoms with Gasteiger partial charge < -0.3 is 14.3 Å². The van der Waals surface area contributed by atoms with Gasteiger partial charge in [-0.1, -0.05) is 18.0 Å². The number of alkyl halides is 3. The number of aliphatic hydroxyl groups is 1. The first-order valence-corrected chi connectivity index (χ1v) is 10.7.